The van der Waals surface area contributed by atoms with E-state index in [1.165, 1.54) is 0 Å². The Morgan fingerprint density at radius 1 is 1.22 bits per heavy atom. The Morgan fingerprint density at radius 3 is 2.11 bits per heavy atom. The highest BCUT2D eigenvalue weighted by Gasteiger charge is 2.13. The number of hydrogen-bond acceptors (Lipinski definition) is 2. The van der Waals surface area contributed by atoms with E-state index >= 15 is 0 Å². The molecule has 0 aromatic heterocycles. The summed E-state index contributed by atoms with van der Waals surface area (Å²) >= 11 is 11.5. The zero-order valence-corrected chi connectivity index (χ0v) is 11.8. The fraction of sp³-hybridized carbons (Fsp3) is 0.462. The second-order valence-corrected chi connectivity index (χ2v) is 4.77. The minimum absolute atomic E-state index is 0.492. The van der Waals surface area contributed by atoms with Gasteiger partial charge in [0.25, 0.3) is 0 Å². The molecule has 0 bridgehead atoms. The molecule has 0 amide bonds. The molecule has 0 fully saturated rings. The topological polar surface area (TPSA) is 40.5 Å². The van der Waals surface area contributed by atoms with Crippen LogP contribution in [0.3, 0.4) is 0 Å². The Labute approximate surface area is 117 Å². The van der Waals surface area contributed by atoms with Gasteiger partial charge in [0.15, 0.2) is 0 Å². The summed E-state index contributed by atoms with van der Waals surface area (Å²) in [6.45, 7) is 3.12. The SMILES string of the molecule is CC(C(=O)O)c1ccc(N(CCCl)CCCl)cc1. The van der Waals surface area contributed by atoms with Crippen molar-refractivity contribution in [2.45, 2.75) is 12.8 Å². The van der Waals surface area contributed by atoms with Crippen LogP contribution in [-0.4, -0.2) is 35.9 Å². The zero-order valence-electron chi connectivity index (χ0n) is 10.3. The molecule has 0 saturated carbocycles. The van der Waals surface area contributed by atoms with Crippen molar-refractivity contribution in [1.82, 2.24) is 0 Å². The molecule has 0 radical (unpaired) electrons. The van der Waals surface area contributed by atoms with E-state index in [2.05, 4.69) is 4.90 Å². The van der Waals surface area contributed by atoms with Crippen LogP contribution in [-0.2, 0) is 4.79 Å². The van der Waals surface area contributed by atoms with E-state index in [1.807, 2.05) is 24.3 Å². The number of alkyl halides is 2. The van der Waals surface area contributed by atoms with Crippen LogP contribution in [0.5, 0.6) is 0 Å². The number of carbonyl (C=O) groups is 1. The lowest BCUT2D eigenvalue weighted by Crippen LogP contribution is -2.27. The molecule has 1 N–H and O–H groups in total. The molecule has 0 aliphatic rings. The predicted molar refractivity (Wildman–Crippen MR) is 76.1 cm³/mol. The van der Waals surface area contributed by atoms with Gasteiger partial charge in [-0.2, -0.15) is 0 Å². The van der Waals surface area contributed by atoms with Crippen LogP contribution in [0, 0.1) is 0 Å². The molecule has 18 heavy (non-hydrogen) atoms. The monoisotopic (exact) mass is 289 g/mol. The first-order chi connectivity index (χ1) is 8.60. The summed E-state index contributed by atoms with van der Waals surface area (Å²) in [5, 5.41) is 8.94. The fourth-order valence-electron chi connectivity index (χ4n) is 1.69. The average molecular weight is 290 g/mol. The Morgan fingerprint density at radius 2 is 1.72 bits per heavy atom. The summed E-state index contributed by atoms with van der Waals surface area (Å²) in [5.74, 6) is -0.247. The summed E-state index contributed by atoms with van der Waals surface area (Å²) in [6, 6.07) is 7.49. The van der Waals surface area contributed by atoms with Gasteiger partial charge in [-0.3, -0.25) is 4.79 Å². The van der Waals surface area contributed by atoms with Gasteiger partial charge in [0.2, 0.25) is 0 Å². The van der Waals surface area contributed by atoms with Crippen LogP contribution in [0.25, 0.3) is 0 Å². The Bertz CT molecular complexity index is 375. The van der Waals surface area contributed by atoms with Crippen molar-refractivity contribution in [2.75, 3.05) is 29.7 Å². The first kappa shape index (κ1) is 15.1. The third kappa shape index (κ3) is 4.07. The summed E-state index contributed by atoms with van der Waals surface area (Å²) in [7, 11) is 0. The quantitative estimate of drug-likeness (QED) is 0.784. The van der Waals surface area contributed by atoms with Crippen LogP contribution in [0.2, 0.25) is 0 Å². The minimum Gasteiger partial charge on any atom is -0.481 e. The van der Waals surface area contributed by atoms with Crippen molar-refractivity contribution in [3.8, 4) is 0 Å². The Hall–Kier alpha value is -0.930. The lowest BCUT2D eigenvalue weighted by Gasteiger charge is -2.23. The van der Waals surface area contributed by atoms with Crippen molar-refractivity contribution >= 4 is 34.9 Å². The largest absolute Gasteiger partial charge is 0.481 e. The van der Waals surface area contributed by atoms with Gasteiger partial charge in [0, 0.05) is 30.5 Å². The van der Waals surface area contributed by atoms with Crippen molar-refractivity contribution in [3.05, 3.63) is 29.8 Å². The molecule has 3 nitrogen and oxygen atoms in total. The molecule has 1 rings (SSSR count). The number of benzene rings is 1. The molecule has 1 atom stereocenters. The van der Waals surface area contributed by atoms with E-state index in [4.69, 9.17) is 28.3 Å². The van der Waals surface area contributed by atoms with E-state index in [9.17, 15) is 4.79 Å². The zero-order chi connectivity index (χ0) is 13.5. The van der Waals surface area contributed by atoms with Gasteiger partial charge in [0.1, 0.15) is 0 Å². The maximum Gasteiger partial charge on any atom is 0.310 e. The van der Waals surface area contributed by atoms with Crippen molar-refractivity contribution in [1.29, 1.82) is 0 Å². The summed E-state index contributed by atoms with van der Waals surface area (Å²) in [6.07, 6.45) is 0. The van der Waals surface area contributed by atoms with Crippen LogP contribution in [0.15, 0.2) is 24.3 Å². The third-order valence-electron chi connectivity index (χ3n) is 2.84. The number of carboxylic acids is 1. The standard InChI is InChI=1S/C13H17Cl2NO2/c1-10(13(17)18)11-2-4-12(5-3-11)16(8-6-14)9-7-15/h2-5,10H,6-9H2,1H3,(H,17,18). The van der Waals surface area contributed by atoms with Gasteiger partial charge < -0.3 is 10.0 Å². The predicted octanol–water partition coefficient (Wildman–Crippen LogP) is 3.16. The highest BCUT2D eigenvalue weighted by Crippen LogP contribution is 2.20. The Balaban J connectivity index is 2.82. The smallest absolute Gasteiger partial charge is 0.310 e. The number of rotatable bonds is 7. The number of hydrogen-bond donors (Lipinski definition) is 1. The van der Waals surface area contributed by atoms with Gasteiger partial charge in [-0.05, 0) is 24.6 Å². The van der Waals surface area contributed by atoms with Crippen LogP contribution in [0.4, 0.5) is 5.69 Å². The van der Waals surface area contributed by atoms with Crippen molar-refractivity contribution in [2.24, 2.45) is 0 Å². The molecule has 0 heterocycles. The molecule has 0 saturated heterocycles. The normalized spacial score (nSPS) is 12.2. The van der Waals surface area contributed by atoms with E-state index in [0.29, 0.717) is 11.8 Å². The first-order valence-electron chi connectivity index (χ1n) is 5.79. The minimum atomic E-state index is -0.818. The second kappa shape index (κ2) is 7.49. The number of carboxylic acid groups (broad SMARTS) is 1. The summed E-state index contributed by atoms with van der Waals surface area (Å²) in [4.78, 5) is 13.0. The fourth-order valence-corrected chi connectivity index (χ4v) is 2.10. The molecule has 0 aliphatic heterocycles. The van der Waals surface area contributed by atoms with Crippen molar-refractivity contribution < 1.29 is 9.90 Å². The van der Waals surface area contributed by atoms with E-state index in [0.717, 1.165) is 24.3 Å². The average Bonchev–Trinajstić information content (AvgIpc) is 2.38. The number of halogens is 2. The van der Waals surface area contributed by atoms with Crippen LogP contribution in [0.1, 0.15) is 18.4 Å². The Kier molecular flexibility index (Phi) is 6.30. The second-order valence-electron chi connectivity index (χ2n) is 4.02. The number of nitrogens with zero attached hydrogens (tertiary/aromatic N) is 1. The van der Waals surface area contributed by atoms with Gasteiger partial charge in [-0.25, -0.2) is 0 Å². The maximum absolute atomic E-state index is 10.9. The first-order valence-corrected chi connectivity index (χ1v) is 6.86. The lowest BCUT2D eigenvalue weighted by atomic mass is 10.0. The van der Waals surface area contributed by atoms with Gasteiger partial charge in [0.05, 0.1) is 5.92 Å². The molecule has 1 unspecified atom stereocenters. The van der Waals surface area contributed by atoms with Gasteiger partial charge >= 0.3 is 5.97 Å². The highest BCUT2D eigenvalue weighted by atomic mass is 35.5. The van der Waals surface area contributed by atoms with Crippen LogP contribution < -0.4 is 4.90 Å². The number of anilines is 1. The molecule has 100 valence electrons. The maximum atomic E-state index is 10.9. The van der Waals surface area contributed by atoms with Crippen LogP contribution >= 0.6 is 23.2 Å². The van der Waals surface area contributed by atoms with E-state index in [-0.39, 0.29) is 0 Å². The molecule has 0 spiro atoms. The molecule has 0 aliphatic carbocycles. The molecule has 1 aromatic rings. The van der Waals surface area contributed by atoms with E-state index in [1.54, 1.807) is 6.92 Å². The molecular weight excluding hydrogens is 273 g/mol. The third-order valence-corrected chi connectivity index (χ3v) is 3.18. The lowest BCUT2D eigenvalue weighted by molar-refractivity contribution is -0.138. The highest BCUT2D eigenvalue weighted by molar-refractivity contribution is 6.18. The summed E-state index contributed by atoms with van der Waals surface area (Å²) < 4.78 is 0. The molecule has 5 heteroatoms. The molecule has 1 aromatic carbocycles. The number of aliphatic carboxylic acids is 1. The van der Waals surface area contributed by atoms with E-state index < -0.39 is 11.9 Å². The van der Waals surface area contributed by atoms with Gasteiger partial charge in [-0.15, -0.1) is 23.2 Å². The van der Waals surface area contributed by atoms with Gasteiger partial charge in [-0.1, -0.05) is 12.1 Å². The summed E-state index contributed by atoms with van der Waals surface area (Å²) in [5.41, 5.74) is 1.81. The van der Waals surface area contributed by atoms with Crippen molar-refractivity contribution in [3.63, 3.8) is 0 Å². The molecular formula is C13H17Cl2NO2.